The third kappa shape index (κ3) is 8.43. The van der Waals surface area contributed by atoms with E-state index in [1.165, 1.54) is 104 Å². The summed E-state index contributed by atoms with van der Waals surface area (Å²) in [4.78, 5) is 2.49. The SMILES string of the molecule is c1ccc(-c2ccc(-n3c4ccccc4c4cc(-c5cc(-c6ccc7c(c6)c6ccccc6n7-c6ccc(-c7ccccc7)cc6)cc(-c6c7ccccc7c(N(c7ccccc7)c7cccc8ccccc78)c7ccccc67)c5)ccc43)cc2)cc1. The van der Waals surface area contributed by atoms with Gasteiger partial charge >= 0.3 is 0 Å². The van der Waals surface area contributed by atoms with E-state index in [4.69, 9.17) is 0 Å². The lowest BCUT2D eigenvalue weighted by Gasteiger charge is -2.30. The number of aromatic nitrogens is 2. The Morgan fingerprint density at radius 3 is 1.08 bits per heavy atom. The van der Waals surface area contributed by atoms with Crippen LogP contribution in [0, 0.1) is 0 Å². The van der Waals surface area contributed by atoms with Gasteiger partial charge in [-0.05, 0) is 169 Å². The molecular weight excluding hydrogens is 1050 g/mol. The van der Waals surface area contributed by atoms with E-state index >= 15 is 0 Å². The third-order valence-electron chi connectivity index (χ3n) is 17.8. The number of nitrogens with zero attached hydrogens (tertiary/aromatic N) is 3. The molecule has 0 radical (unpaired) electrons. The van der Waals surface area contributed by atoms with Crippen LogP contribution in [0.2, 0.25) is 0 Å². The summed E-state index contributed by atoms with van der Waals surface area (Å²) in [6.45, 7) is 0. The summed E-state index contributed by atoms with van der Waals surface area (Å²) in [5, 5.41) is 12.0. The van der Waals surface area contributed by atoms with Gasteiger partial charge in [-0.15, -0.1) is 0 Å². The first-order valence-electron chi connectivity index (χ1n) is 30.0. The van der Waals surface area contributed by atoms with Crippen molar-refractivity contribution in [1.82, 2.24) is 9.13 Å². The molecule has 15 aromatic carbocycles. The Morgan fingerprint density at radius 2 is 0.575 bits per heavy atom. The first-order valence-corrected chi connectivity index (χ1v) is 30.0. The van der Waals surface area contributed by atoms with Crippen molar-refractivity contribution in [2.24, 2.45) is 0 Å². The van der Waals surface area contributed by atoms with E-state index < -0.39 is 0 Å². The molecule has 0 aliphatic rings. The first-order chi connectivity index (χ1) is 43.2. The normalized spacial score (nSPS) is 11.7. The zero-order valence-electron chi connectivity index (χ0n) is 47.6. The average Bonchev–Trinajstić information content (AvgIpc) is 3.44. The Kier molecular flexibility index (Phi) is 11.9. The topological polar surface area (TPSA) is 13.1 Å². The van der Waals surface area contributed by atoms with Gasteiger partial charge < -0.3 is 14.0 Å². The van der Waals surface area contributed by atoms with Crippen molar-refractivity contribution in [3.8, 4) is 67.0 Å². The fourth-order valence-electron chi connectivity index (χ4n) is 13.9. The molecule has 0 N–H and O–H groups in total. The molecular formula is C84H55N3. The highest BCUT2D eigenvalue weighted by atomic mass is 15.1. The highest BCUT2D eigenvalue weighted by Gasteiger charge is 2.25. The van der Waals surface area contributed by atoms with E-state index in [0.29, 0.717) is 0 Å². The van der Waals surface area contributed by atoms with Crippen molar-refractivity contribution in [1.29, 1.82) is 0 Å². The largest absolute Gasteiger partial charge is 0.309 e. The Hall–Kier alpha value is -11.5. The van der Waals surface area contributed by atoms with Crippen molar-refractivity contribution in [2.45, 2.75) is 0 Å². The number of anilines is 3. The minimum absolute atomic E-state index is 1.10. The van der Waals surface area contributed by atoms with Crippen molar-refractivity contribution >= 4 is 93.0 Å². The van der Waals surface area contributed by atoms with Crippen LogP contribution in [0.25, 0.3) is 143 Å². The van der Waals surface area contributed by atoms with Crippen LogP contribution in [0.4, 0.5) is 17.1 Å². The van der Waals surface area contributed by atoms with Gasteiger partial charge in [-0.25, -0.2) is 0 Å². The molecule has 0 aliphatic carbocycles. The van der Waals surface area contributed by atoms with Crippen LogP contribution in [0.1, 0.15) is 0 Å². The third-order valence-corrected chi connectivity index (χ3v) is 17.8. The standard InChI is InChI=1S/C84H55N3/c1-4-21-56(22-5-1)58-39-45-67(46-40-58)85-79-36-18-16-30-70(79)76-54-61(43-49-81(76)85)63-51-64(62-44-50-82-77(55-62)71-31-17-19-37-80(71)86(82)68-47-41-59(42-48-68)57-23-6-2-7-24-57)53-65(52-63)83-72-32-12-14-34-74(72)84(75-35-15-13-33-73(75)83)87(66-27-8-3-9-28-66)78-38-20-26-60-25-10-11-29-69(60)78/h1-55H. The lowest BCUT2D eigenvalue weighted by atomic mass is 9.86. The monoisotopic (exact) mass is 1110 g/mol. The molecule has 87 heavy (non-hydrogen) atoms. The van der Waals surface area contributed by atoms with E-state index in [1.54, 1.807) is 0 Å². The van der Waals surface area contributed by atoms with Crippen LogP contribution >= 0.6 is 0 Å². The quantitative estimate of drug-likeness (QED) is 0.124. The molecule has 2 aromatic heterocycles. The molecule has 0 atom stereocenters. The average molecular weight is 1110 g/mol. The van der Waals surface area contributed by atoms with Gasteiger partial charge in [0.15, 0.2) is 0 Å². The van der Waals surface area contributed by atoms with Crippen LogP contribution in [-0.4, -0.2) is 9.13 Å². The highest BCUT2D eigenvalue weighted by Crippen LogP contribution is 2.51. The van der Waals surface area contributed by atoms with Crippen molar-refractivity contribution in [3.05, 3.63) is 334 Å². The van der Waals surface area contributed by atoms with E-state index in [-0.39, 0.29) is 0 Å². The molecule has 3 heteroatoms. The van der Waals surface area contributed by atoms with Crippen LogP contribution in [0.3, 0.4) is 0 Å². The Morgan fingerprint density at radius 1 is 0.207 bits per heavy atom. The molecule has 0 spiro atoms. The predicted molar refractivity (Wildman–Crippen MR) is 370 cm³/mol. The lowest BCUT2D eigenvalue weighted by molar-refractivity contribution is 1.18. The number of hydrogen-bond acceptors (Lipinski definition) is 1. The van der Waals surface area contributed by atoms with Crippen LogP contribution in [-0.2, 0) is 0 Å². The Bertz CT molecular complexity index is 5200. The van der Waals surface area contributed by atoms with Crippen molar-refractivity contribution < 1.29 is 0 Å². The fraction of sp³-hybridized carbons (Fsp3) is 0. The minimum atomic E-state index is 1.10. The summed E-state index contributed by atoms with van der Waals surface area (Å²) in [5.74, 6) is 0. The predicted octanol–water partition coefficient (Wildman–Crippen LogP) is 23.1. The summed E-state index contributed by atoms with van der Waals surface area (Å²) in [6, 6.07) is 123. The van der Waals surface area contributed by atoms with Gasteiger partial charge in [0.1, 0.15) is 0 Å². The maximum absolute atomic E-state index is 2.49. The molecule has 406 valence electrons. The lowest BCUT2D eigenvalue weighted by Crippen LogP contribution is -2.12. The fourth-order valence-corrected chi connectivity index (χ4v) is 13.9. The number of benzene rings is 15. The van der Waals surface area contributed by atoms with E-state index in [9.17, 15) is 0 Å². The van der Waals surface area contributed by atoms with Crippen LogP contribution < -0.4 is 4.90 Å². The molecule has 17 rings (SSSR count). The zero-order valence-corrected chi connectivity index (χ0v) is 47.6. The summed E-state index contributed by atoms with van der Waals surface area (Å²) in [6.07, 6.45) is 0. The van der Waals surface area contributed by atoms with Gasteiger partial charge in [0.2, 0.25) is 0 Å². The van der Waals surface area contributed by atoms with Gasteiger partial charge in [-0.3, -0.25) is 0 Å². The van der Waals surface area contributed by atoms with Gasteiger partial charge in [0, 0.05) is 54.8 Å². The summed E-state index contributed by atoms with van der Waals surface area (Å²) in [7, 11) is 0. The number of rotatable bonds is 10. The first kappa shape index (κ1) is 50.0. The second kappa shape index (κ2) is 20.7. The van der Waals surface area contributed by atoms with Crippen molar-refractivity contribution in [3.63, 3.8) is 0 Å². The Labute approximate surface area is 504 Å². The molecule has 0 saturated heterocycles. The van der Waals surface area contributed by atoms with E-state index in [1.807, 2.05) is 0 Å². The molecule has 0 saturated carbocycles. The summed E-state index contributed by atoms with van der Waals surface area (Å²) < 4.78 is 4.84. The van der Waals surface area contributed by atoms with Crippen LogP contribution in [0.15, 0.2) is 334 Å². The Balaban J connectivity index is 0.891. The van der Waals surface area contributed by atoms with E-state index in [0.717, 1.165) is 56.3 Å². The van der Waals surface area contributed by atoms with Gasteiger partial charge in [-0.1, -0.05) is 237 Å². The zero-order chi connectivity index (χ0) is 57.4. The molecule has 0 unspecified atom stereocenters. The second-order valence-corrected chi connectivity index (χ2v) is 22.8. The maximum atomic E-state index is 2.49. The summed E-state index contributed by atoms with van der Waals surface area (Å²) in [5.41, 5.74) is 22.1. The smallest absolute Gasteiger partial charge is 0.0619 e. The molecule has 0 aliphatic heterocycles. The van der Waals surface area contributed by atoms with Crippen molar-refractivity contribution in [2.75, 3.05) is 4.90 Å². The second-order valence-electron chi connectivity index (χ2n) is 22.8. The van der Waals surface area contributed by atoms with Gasteiger partial charge in [0.25, 0.3) is 0 Å². The van der Waals surface area contributed by atoms with Gasteiger partial charge in [-0.2, -0.15) is 0 Å². The van der Waals surface area contributed by atoms with Crippen LogP contribution in [0.5, 0.6) is 0 Å². The number of hydrogen-bond donors (Lipinski definition) is 0. The molecule has 2 heterocycles. The minimum Gasteiger partial charge on any atom is -0.309 e. The molecule has 0 amide bonds. The van der Waals surface area contributed by atoms with Gasteiger partial charge in [0.05, 0.1) is 33.4 Å². The molecule has 3 nitrogen and oxygen atoms in total. The summed E-state index contributed by atoms with van der Waals surface area (Å²) >= 11 is 0. The van der Waals surface area contributed by atoms with E-state index in [2.05, 4.69) is 348 Å². The molecule has 0 bridgehead atoms. The number of para-hydroxylation sites is 3. The maximum Gasteiger partial charge on any atom is 0.0619 e. The molecule has 17 aromatic rings. The molecule has 0 fully saturated rings. The number of fused-ring (bicyclic) bond motifs is 9. The highest BCUT2D eigenvalue weighted by molar-refractivity contribution is 6.24.